The van der Waals surface area contributed by atoms with Crippen molar-refractivity contribution >= 4 is 29.3 Å². The molecular formula is C16H13N3O2S. The number of hydrogen-bond donors (Lipinski definition) is 1. The predicted molar refractivity (Wildman–Crippen MR) is 84.5 cm³/mol. The highest BCUT2D eigenvalue weighted by Gasteiger charge is 2.48. The van der Waals surface area contributed by atoms with Crippen LogP contribution in [-0.4, -0.2) is 33.5 Å². The fourth-order valence-corrected chi connectivity index (χ4v) is 4.37. The molecule has 0 saturated carbocycles. The van der Waals surface area contributed by atoms with Gasteiger partial charge in [-0.3, -0.25) is 14.6 Å². The minimum Gasteiger partial charge on any atom is -0.323 e. The predicted octanol–water partition coefficient (Wildman–Crippen LogP) is 2.29. The molecule has 2 aromatic rings. The van der Waals surface area contributed by atoms with Crippen molar-refractivity contribution in [3.8, 4) is 0 Å². The molecular weight excluding hydrogens is 298 g/mol. The van der Waals surface area contributed by atoms with Crippen LogP contribution in [0.1, 0.15) is 21.3 Å². The third kappa shape index (κ3) is 1.99. The van der Waals surface area contributed by atoms with Crippen LogP contribution in [0.4, 0.5) is 5.69 Å². The Hall–Kier alpha value is -2.34. The highest BCUT2D eigenvalue weighted by molar-refractivity contribution is 7.99. The quantitative estimate of drug-likeness (QED) is 0.924. The smallest absolute Gasteiger partial charge is 0.256 e. The molecule has 22 heavy (non-hydrogen) atoms. The van der Waals surface area contributed by atoms with Gasteiger partial charge in [0.05, 0.1) is 11.9 Å². The van der Waals surface area contributed by atoms with Crippen molar-refractivity contribution in [1.82, 2.24) is 9.88 Å². The van der Waals surface area contributed by atoms with Crippen LogP contribution in [-0.2, 0) is 4.79 Å². The topological polar surface area (TPSA) is 62.3 Å². The van der Waals surface area contributed by atoms with E-state index in [1.165, 1.54) is 0 Å². The van der Waals surface area contributed by atoms with E-state index >= 15 is 0 Å². The molecule has 3 heterocycles. The summed E-state index contributed by atoms with van der Waals surface area (Å²) in [5.74, 6) is 0.387. The Morgan fingerprint density at radius 1 is 1.27 bits per heavy atom. The summed E-state index contributed by atoms with van der Waals surface area (Å²) in [6.07, 6.45) is 3.25. The van der Waals surface area contributed by atoms with Crippen molar-refractivity contribution in [1.29, 1.82) is 0 Å². The van der Waals surface area contributed by atoms with Gasteiger partial charge < -0.3 is 10.2 Å². The van der Waals surface area contributed by atoms with Gasteiger partial charge >= 0.3 is 0 Å². The lowest BCUT2D eigenvalue weighted by Gasteiger charge is -2.22. The van der Waals surface area contributed by atoms with Crippen molar-refractivity contribution in [3.63, 3.8) is 0 Å². The van der Waals surface area contributed by atoms with Crippen molar-refractivity contribution in [2.75, 3.05) is 11.1 Å². The van der Waals surface area contributed by atoms with E-state index in [1.807, 2.05) is 24.3 Å². The summed E-state index contributed by atoms with van der Waals surface area (Å²) in [5.41, 5.74) is 2.36. The van der Waals surface area contributed by atoms with Gasteiger partial charge in [0, 0.05) is 17.5 Å². The molecule has 2 atom stereocenters. The van der Waals surface area contributed by atoms with Crippen LogP contribution in [0, 0.1) is 0 Å². The molecule has 6 heteroatoms. The molecule has 0 spiro atoms. The number of thioether (sulfide) groups is 1. The molecule has 1 aromatic heterocycles. The summed E-state index contributed by atoms with van der Waals surface area (Å²) < 4.78 is 0. The maximum absolute atomic E-state index is 12.6. The van der Waals surface area contributed by atoms with Crippen LogP contribution in [0.5, 0.6) is 0 Å². The first-order valence-corrected chi connectivity index (χ1v) is 8.04. The van der Waals surface area contributed by atoms with E-state index in [0.29, 0.717) is 17.0 Å². The number of nitrogens with one attached hydrogen (secondary N) is 1. The highest BCUT2D eigenvalue weighted by Crippen LogP contribution is 2.48. The number of amides is 2. The number of anilines is 1. The number of nitrogens with zero attached hydrogens (tertiary/aromatic N) is 2. The van der Waals surface area contributed by atoms with Crippen LogP contribution in [0.15, 0.2) is 48.8 Å². The Morgan fingerprint density at radius 3 is 2.95 bits per heavy atom. The SMILES string of the molecule is O=C(Nc1cccnc1)C1CSC2c3ccccc3C(=O)N12. The number of benzene rings is 1. The van der Waals surface area contributed by atoms with Gasteiger partial charge in [-0.15, -0.1) is 11.8 Å². The van der Waals surface area contributed by atoms with Crippen LogP contribution >= 0.6 is 11.8 Å². The van der Waals surface area contributed by atoms with E-state index in [0.717, 1.165) is 5.56 Å². The fraction of sp³-hybridized carbons (Fsp3) is 0.188. The molecule has 2 amide bonds. The molecule has 1 saturated heterocycles. The first-order chi connectivity index (χ1) is 10.8. The van der Waals surface area contributed by atoms with Gasteiger partial charge in [0.15, 0.2) is 0 Å². The number of carbonyl (C=O) groups excluding carboxylic acids is 2. The Bertz CT molecular complexity index is 750. The molecule has 1 fully saturated rings. The third-order valence-corrected chi connectivity index (χ3v) is 5.23. The average molecular weight is 311 g/mol. The van der Waals surface area contributed by atoms with Crippen LogP contribution in [0.25, 0.3) is 0 Å². The zero-order chi connectivity index (χ0) is 15.1. The second-order valence-electron chi connectivity index (χ2n) is 5.23. The Kier molecular flexibility index (Phi) is 3.11. The molecule has 2 aliphatic rings. The molecule has 110 valence electrons. The fourth-order valence-electron chi connectivity index (χ4n) is 2.90. The molecule has 1 N–H and O–H groups in total. The Balaban J connectivity index is 1.59. The van der Waals surface area contributed by atoms with E-state index < -0.39 is 6.04 Å². The zero-order valence-electron chi connectivity index (χ0n) is 11.6. The summed E-state index contributed by atoms with van der Waals surface area (Å²) in [4.78, 5) is 30.7. The Morgan fingerprint density at radius 2 is 2.14 bits per heavy atom. The maximum atomic E-state index is 12.6. The number of aromatic nitrogens is 1. The van der Waals surface area contributed by atoms with Gasteiger partial charge in [0.25, 0.3) is 5.91 Å². The van der Waals surface area contributed by atoms with Crippen LogP contribution in [0.2, 0.25) is 0 Å². The normalized spacial score (nSPS) is 22.4. The zero-order valence-corrected chi connectivity index (χ0v) is 12.4. The molecule has 2 aliphatic heterocycles. The molecule has 5 nitrogen and oxygen atoms in total. The summed E-state index contributed by atoms with van der Waals surface area (Å²) in [5, 5.41) is 2.79. The van der Waals surface area contributed by atoms with Crippen LogP contribution < -0.4 is 5.32 Å². The van der Waals surface area contributed by atoms with Gasteiger partial charge in [-0.25, -0.2) is 0 Å². The van der Waals surface area contributed by atoms with Crippen LogP contribution in [0.3, 0.4) is 0 Å². The van der Waals surface area contributed by atoms with E-state index in [1.54, 1.807) is 41.2 Å². The lowest BCUT2D eigenvalue weighted by atomic mass is 10.1. The maximum Gasteiger partial charge on any atom is 0.256 e. The van der Waals surface area contributed by atoms with Gasteiger partial charge in [0.1, 0.15) is 11.4 Å². The van der Waals surface area contributed by atoms with Crippen molar-refractivity contribution in [3.05, 3.63) is 59.9 Å². The first kappa shape index (κ1) is 13.3. The van der Waals surface area contributed by atoms with Crippen molar-refractivity contribution in [2.45, 2.75) is 11.4 Å². The van der Waals surface area contributed by atoms with Crippen molar-refractivity contribution in [2.24, 2.45) is 0 Å². The van der Waals surface area contributed by atoms with Gasteiger partial charge in [0.2, 0.25) is 5.91 Å². The minimum absolute atomic E-state index is 0.0478. The van der Waals surface area contributed by atoms with E-state index in [4.69, 9.17) is 0 Å². The summed E-state index contributed by atoms with van der Waals surface area (Å²) in [6, 6.07) is 10.7. The molecule has 0 radical (unpaired) electrons. The van der Waals surface area contributed by atoms with E-state index in [9.17, 15) is 9.59 Å². The second kappa shape index (κ2) is 5.14. The molecule has 0 aliphatic carbocycles. The molecule has 0 bridgehead atoms. The van der Waals surface area contributed by atoms with Gasteiger partial charge in [-0.05, 0) is 23.8 Å². The summed E-state index contributed by atoms with van der Waals surface area (Å²) in [6.45, 7) is 0. The van der Waals surface area contributed by atoms with Gasteiger partial charge in [-0.2, -0.15) is 0 Å². The van der Waals surface area contributed by atoms with E-state index in [2.05, 4.69) is 10.3 Å². The highest BCUT2D eigenvalue weighted by atomic mass is 32.2. The third-order valence-electron chi connectivity index (χ3n) is 3.92. The lowest BCUT2D eigenvalue weighted by molar-refractivity contribution is -0.119. The number of carbonyl (C=O) groups is 2. The number of hydrogen-bond acceptors (Lipinski definition) is 4. The monoisotopic (exact) mass is 311 g/mol. The van der Waals surface area contributed by atoms with Crippen molar-refractivity contribution < 1.29 is 9.59 Å². The minimum atomic E-state index is -0.449. The molecule has 4 rings (SSSR count). The number of pyridine rings is 1. The molecule has 2 unspecified atom stereocenters. The molecule has 1 aromatic carbocycles. The lowest BCUT2D eigenvalue weighted by Crippen LogP contribution is -2.42. The number of fused-ring (bicyclic) bond motifs is 3. The standard InChI is InChI=1S/C16H13N3O2S/c20-14(18-10-4-3-7-17-8-10)13-9-22-16-12-6-2-1-5-11(12)15(21)19(13)16/h1-8,13,16H,9H2,(H,18,20). The first-order valence-electron chi connectivity index (χ1n) is 7.00. The summed E-state index contributed by atoms with van der Waals surface area (Å²) in [7, 11) is 0. The van der Waals surface area contributed by atoms with Gasteiger partial charge in [-0.1, -0.05) is 18.2 Å². The Labute approximate surface area is 131 Å². The summed E-state index contributed by atoms with van der Waals surface area (Å²) >= 11 is 1.64. The van der Waals surface area contributed by atoms with E-state index in [-0.39, 0.29) is 17.2 Å². The number of rotatable bonds is 2. The second-order valence-corrected chi connectivity index (χ2v) is 6.35. The average Bonchev–Trinajstić information content (AvgIpc) is 3.10. The largest absolute Gasteiger partial charge is 0.323 e.